The highest BCUT2D eigenvalue weighted by Crippen LogP contribution is 2.77. The number of hydrogen-bond donors (Lipinski definition) is 0. The van der Waals surface area contributed by atoms with Gasteiger partial charge < -0.3 is 0 Å². The summed E-state index contributed by atoms with van der Waals surface area (Å²) in [5, 5.41) is 37.1. The minimum atomic E-state index is -1.61. The molecule has 0 spiro atoms. The second-order valence-corrected chi connectivity index (χ2v) is 4.44. The Hall–Kier alpha value is -2.82. The molecule has 1 aromatic carbocycles. The average molecular weight is 232 g/mol. The molecule has 0 N–H and O–H groups in total. The Kier molecular flexibility index (Phi) is 2.16. The van der Waals surface area contributed by atoms with Crippen molar-refractivity contribution in [3.05, 3.63) is 35.9 Å². The lowest BCUT2D eigenvalue weighted by atomic mass is 9.88. The van der Waals surface area contributed by atoms with Gasteiger partial charge in [-0.05, 0) is 5.56 Å². The minimum absolute atomic E-state index is 0.663. The molecule has 0 heterocycles. The lowest BCUT2D eigenvalue weighted by molar-refractivity contribution is 0.651. The maximum absolute atomic E-state index is 9.28. The van der Waals surface area contributed by atoms with Crippen molar-refractivity contribution in [3.63, 3.8) is 0 Å². The summed E-state index contributed by atoms with van der Waals surface area (Å²) < 4.78 is 0. The van der Waals surface area contributed by atoms with E-state index in [-0.39, 0.29) is 0 Å². The highest BCUT2D eigenvalue weighted by molar-refractivity contribution is 5.64. The molecule has 1 fully saturated rings. The zero-order valence-electron chi connectivity index (χ0n) is 9.68. The van der Waals surface area contributed by atoms with Gasteiger partial charge >= 0.3 is 0 Å². The molecular weight excluding hydrogens is 224 g/mol. The third kappa shape index (κ3) is 0.842. The third-order valence-electron chi connectivity index (χ3n) is 4.02. The first kappa shape index (κ1) is 11.7. The Balaban J connectivity index is 2.76. The van der Waals surface area contributed by atoms with Crippen LogP contribution >= 0.6 is 0 Å². The largest absolute Gasteiger partial charge is 0.196 e. The monoisotopic (exact) mass is 232 g/mol. The molecule has 0 amide bonds. The van der Waals surface area contributed by atoms with Gasteiger partial charge in [0.25, 0.3) is 0 Å². The van der Waals surface area contributed by atoms with E-state index in [1.165, 1.54) is 0 Å². The van der Waals surface area contributed by atoms with Crippen LogP contribution in [0, 0.1) is 56.2 Å². The van der Waals surface area contributed by atoms with Crippen LogP contribution in [0.15, 0.2) is 30.3 Å². The van der Waals surface area contributed by atoms with Crippen molar-refractivity contribution in [3.8, 4) is 24.3 Å². The fourth-order valence-corrected chi connectivity index (χ4v) is 2.76. The topological polar surface area (TPSA) is 95.2 Å². The summed E-state index contributed by atoms with van der Waals surface area (Å²) in [4.78, 5) is 0. The number of hydrogen-bond acceptors (Lipinski definition) is 4. The first-order valence-electron chi connectivity index (χ1n) is 5.31. The molecule has 4 heteroatoms. The molecule has 0 radical (unpaired) electrons. The van der Waals surface area contributed by atoms with Crippen LogP contribution in [0.4, 0.5) is 0 Å². The third-order valence-corrected chi connectivity index (χ3v) is 4.02. The summed E-state index contributed by atoms with van der Waals surface area (Å²) in [7, 11) is 0. The van der Waals surface area contributed by atoms with Gasteiger partial charge in [-0.1, -0.05) is 37.3 Å². The van der Waals surface area contributed by atoms with Gasteiger partial charge in [0.15, 0.2) is 10.8 Å². The van der Waals surface area contributed by atoms with Gasteiger partial charge in [0.1, 0.15) is 0 Å². The summed E-state index contributed by atoms with van der Waals surface area (Å²) in [6.07, 6.45) is 0. The Morgan fingerprint density at radius 2 is 1.17 bits per heavy atom. The van der Waals surface area contributed by atoms with Crippen LogP contribution in [0.1, 0.15) is 12.5 Å². The first-order chi connectivity index (χ1) is 8.60. The van der Waals surface area contributed by atoms with E-state index in [0.717, 1.165) is 0 Å². The van der Waals surface area contributed by atoms with Crippen LogP contribution in [0.3, 0.4) is 0 Å². The number of nitrogens with zero attached hydrogens (tertiary/aromatic N) is 4. The lowest BCUT2D eigenvalue weighted by Crippen LogP contribution is -2.12. The van der Waals surface area contributed by atoms with E-state index in [4.69, 9.17) is 0 Å². The number of rotatable bonds is 1. The maximum Gasteiger partial charge on any atom is 0.188 e. The van der Waals surface area contributed by atoms with Crippen LogP contribution in [0.5, 0.6) is 0 Å². The molecule has 4 nitrogen and oxygen atoms in total. The smallest absolute Gasteiger partial charge is 0.188 e. The van der Waals surface area contributed by atoms with Gasteiger partial charge in [0.2, 0.25) is 0 Å². The number of nitriles is 4. The fourth-order valence-electron chi connectivity index (χ4n) is 2.76. The zero-order valence-corrected chi connectivity index (χ0v) is 9.68. The molecule has 0 saturated heterocycles. The molecule has 18 heavy (non-hydrogen) atoms. The van der Waals surface area contributed by atoms with Crippen molar-refractivity contribution >= 4 is 0 Å². The molecule has 2 rings (SSSR count). The zero-order chi connectivity index (χ0) is 13.4. The molecule has 0 bridgehead atoms. The van der Waals surface area contributed by atoms with Gasteiger partial charge in [-0.15, -0.1) is 0 Å². The molecule has 0 unspecified atom stereocenters. The van der Waals surface area contributed by atoms with Crippen molar-refractivity contribution in [2.24, 2.45) is 10.8 Å². The van der Waals surface area contributed by atoms with E-state index in [1.807, 2.05) is 24.3 Å². The second kappa shape index (κ2) is 3.33. The molecule has 1 aromatic rings. The van der Waals surface area contributed by atoms with Crippen molar-refractivity contribution in [2.45, 2.75) is 12.3 Å². The Labute approximate surface area is 105 Å². The molecule has 0 atom stereocenters. The molecule has 1 aliphatic rings. The fraction of sp³-hybridized carbons (Fsp3) is 0.286. The van der Waals surface area contributed by atoms with E-state index in [1.54, 1.807) is 37.3 Å². The van der Waals surface area contributed by atoms with E-state index in [2.05, 4.69) is 0 Å². The van der Waals surface area contributed by atoms with E-state index in [9.17, 15) is 21.0 Å². The predicted octanol–water partition coefficient (Wildman–Crippen LogP) is 2.03. The molecule has 1 saturated carbocycles. The van der Waals surface area contributed by atoms with Crippen LogP contribution < -0.4 is 0 Å². The van der Waals surface area contributed by atoms with Gasteiger partial charge in [-0.3, -0.25) is 0 Å². The Bertz CT molecular complexity index is 595. The van der Waals surface area contributed by atoms with E-state index < -0.39 is 16.2 Å². The maximum atomic E-state index is 9.28. The number of benzene rings is 1. The summed E-state index contributed by atoms with van der Waals surface area (Å²) >= 11 is 0. The standard InChI is InChI=1S/C14H8N4/c1-12(11-5-3-2-4-6-11)13(7-15,8-16)14(12,9-17)10-18/h2-6H,1H3. The van der Waals surface area contributed by atoms with E-state index >= 15 is 0 Å². The van der Waals surface area contributed by atoms with Gasteiger partial charge in [-0.2, -0.15) is 21.0 Å². The van der Waals surface area contributed by atoms with E-state index in [0.29, 0.717) is 5.56 Å². The predicted molar refractivity (Wildman–Crippen MR) is 61.1 cm³/mol. The van der Waals surface area contributed by atoms with Gasteiger partial charge in [0.05, 0.1) is 29.7 Å². The summed E-state index contributed by atoms with van der Waals surface area (Å²) in [5.74, 6) is 0. The van der Waals surface area contributed by atoms with Crippen LogP contribution in [-0.2, 0) is 5.41 Å². The van der Waals surface area contributed by atoms with Crippen molar-refractivity contribution in [1.29, 1.82) is 21.0 Å². The summed E-state index contributed by atoms with van der Waals surface area (Å²) in [6, 6.07) is 16.3. The molecule has 0 aliphatic heterocycles. The highest BCUT2D eigenvalue weighted by atomic mass is 14.8. The Morgan fingerprint density at radius 3 is 1.50 bits per heavy atom. The second-order valence-electron chi connectivity index (χ2n) is 4.44. The van der Waals surface area contributed by atoms with Crippen molar-refractivity contribution in [1.82, 2.24) is 0 Å². The van der Waals surface area contributed by atoms with Crippen molar-refractivity contribution in [2.75, 3.05) is 0 Å². The van der Waals surface area contributed by atoms with Crippen LogP contribution in [0.2, 0.25) is 0 Å². The summed E-state index contributed by atoms with van der Waals surface area (Å²) in [5.41, 5.74) is -3.62. The Morgan fingerprint density at radius 1 is 0.778 bits per heavy atom. The summed E-state index contributed by atoms with van der Waals surface area (Å²) in [6.45, 7) is 1.63. The minimum Gasteiger partial charge on any atom is -0.196 e. The first-order valence-corrected chi connectivity index (χ1v) is 5.31. The highest BCUT2D eigenvalue weighted by Gasteiger charge is 2.90. The van der Waals surface area contributed by atoms with Gasteiger partial charge in [-0.25, -0.2) is 0 Å². The molecule has 0 aromatic heterocycles. The SMILES string of the molecule is CC1(c2ccccc2)C(C#N)(C#N)C1(C#N)C#N. The molecule has 84 valence electrons. The quantitative estimate of drug-likeness (QED) is 0.739. The normalized spacial score (nSPS) is 20.5. The van der Waals surface area contributed by atoms with Gasteiger partial charge in [0, 0.05) is 0 Å². The lowest BCUT2D eigenvalue weighted by Gasteiger charge is -2.11. The van der Waals surface area contributed by atoms with Crippen molar-refractivity contribution < 1.29 is 0 Å². The van der Waals surface area contributed by atoms with Crippen LogP contribution in [-0.4, -0.2) is 0 Å². The molecular formula is C14H8N4. The average Bonchev–Trinajstić information content (AvgIpc) is 2.94. The molecule has 1 aliphatic carbocycles. The van der Waals surface area contributed by atoms with Crippen LogP contribution in [0.25, 0.3) is 0 Å².